The minimum absolute atomic E-state index is 0.0930. The monoisotopic (exact) mass is 464 g/mol. The standard InChI is InChI=1S/C27H29ClN2O3/c1-33-19-18-29-27(32)26(23-10-6-3-7-11-23)30(20-22-12-15-24(28)16-13-22)25(31)17-14-21-8-4-2-5-9-21/h2-13,15-16,26H,14,17-20H2,1H3,(H,29,32). The summed E-state index contributed by atoms with van der Waals surface area (Å²) in [6, 6.07) is 25.8. The fraction of sp³-hybridized carbons (Fsp3) is 0.259. The Morgan fingerprint density at radius 1 is 0.909 bits per heavy atom. The summed E-state index contributed by atoms with van der Waals surface area (Å²) in [7, 11) is 1.58. The lowest BCUT2D eigenvalue weighted by atomic mass is 10.0. The van der Waals surface area contributed by atoms with E-state index in [4.69, 9.17) is 16.3 Å². The van der Waals surface area contributed by atoms with Crippen LogP contribution in [0.3, 0.4) is 0 Å². The molecule has 172 valence electrons. The van der Waals surface area contributed by atoms with Gasteiger partial charge in [0.05, 0.1) is 6.61 Å². The van der Waals surface area contributed by atoms with Crippen LogP contribution in [-0.2, 0) is 27.3 Å². The molecule has 0 saturated carbocycles. The molecular formula is C27H29ClN2O3. The number of hydrogen-bond donors (Lipinski definition) is 1. The second-order valence-corrected chi connectivity index (χ2v) is 8.17. The van der Waals surface area contributed by atoms with Crippen molar-refractivity contribution in [2.45, 2.75) is 25.4 Å². The molecule has 5 nitrogen and oxygen atoms in total. The van der Waals surface area contributed by atoms with Crippen LogP contribution in [0.15, 0.2) is 84.9 Å². The number of nitrogens with zero attached hydrogens (tertiary/aromatic N) is 1. The Morgan fingerprint density at radius 2 is 1.55 bits per heavy atom. The van der Waals surface area contributed by atoms with Crippen molar-refractivity contribution in [1.82, 2.24) is 10.2 Å². The number of halogens is 1. The Balaban J connectivity index is 1.90. The number of amides is 2. The minimum Gasteiger partial charge on any atom is -0.383 e. The van der Waals surface area contributed by atoms with E-state index in [1.807, 2.05) is 72.8 Å². The number of hydrogen-bond acceptors (Lipinski definition) is 3. The van der Waals surface area contributed by atoms with Gasteiger partial charge in [-0.2, -0.15) is 0 Å². The normalized spacial score (nSPS) is 11.6. The van der Waals surface area contributed by atoms with Crippen molar-refractivity contribution in [3.05, 3.63) is 107 Å². The van der Waals surface area contributed by atoms with Crippen LogP contribution in [0.4, 0.5) is 0 Å². The summed E-state index contributed by atoms with van der Waals surface area (Å²) in [6.07, 6.45) is 0.899. The molecular weight excluding hydrogens is 436 g/mol. The van der Waals surface area contributed by atoms with Crippen LogP contribution >= 0.6 is 11.6 Å². The first-order chi connectivity index (χ1) is 16.1. The van der Waals surface area contributed by atoms with Crippen molar-refractivity contribution in [3.63, 3.8) is 0 Å². The van der Waals surface area contributed by atoms with E-state index < -0.39 is 6.04 Å². The molecule has 0 heterocycles. The highest BCUT2D eigenvalue weighted by atomic mass is 35.5. The molecule has 0 fully saturated rings. The SMILES string of the molecule is COCCNC(=O)C(c1ccccc1)N(Cc1ccc(Cl)cc1)C(=O)CCc1ccccc1. The summed E-state index contributed by atoms with van der Waals surface area (Å²) in [5.41, 5.74) is 2.74. The van der Waals surface area contributed by atoms with Crippen LogP contribution in [0, 0.1) is 0 Å². The highest BCUT2D eigenvalue weighted by molar-refractivity contribution is 6.30. The Bertz CT molecular complexity index is 1010. The van der Waals surface area contributed by atoms with Gasteiger partial charge in [0, 0.05) is 31.6 Å². The molecule has 0 aliphatic carbocycles. The van der Waals surface area contributed by atoms with Gasteiger partial charge in [-0.3, -0.25) is 9.59 Å². The maximum absolute atomic E-state index is 13.5. The van der Waals surface area contributed by atoms with E-state index >= 15 is 0 Å². The first-order valence-electron chi connectivity index (χ1n) is 11.0. The van der Waals surface area contributed by atoms with Gasteiger partial charge in [0.2, 0.25) is 11.8 Å². The van der Waals surface area contributed by atoms with Gasteiger partial charge in [0.15, 0.2) is 0 Å². The number of methoxy groups -OCH3 is 1. The minimum atomic E-state index is -0.762. The summed E-state index contributed by atoms with van der Waals surface area (Å²) in [5.74, 6) is -0.329. The molecule has 1 atom stereocenters. The second-order valence-electron chi connectivity index (χ2n) is 7.73. The van der Waals surface area contributed by atoms with Crippen molar-refractivity contribution in [2.75, 3.05) is 20.3 Å². The van der Waals surface area contributed by atoms with Crippen molar-refractivity contribution in [2.24, 2.45) is 0 Å². The molecule has 6 heteroatoms. The molecule has 3 aromatic carbocycles. The van der Waals surface area contributed by atoms with Crippen LogP contribution in [-0.4, -0.2) is 37.0 Å². The van der Waals surface area contributed by atoms with Crippen molar-refractivity contribution >= 4 is 23.4 Å². The van der Waals surface area contributed by atoms with Gasteiger partial charge in [-0.25, -0.2) is 0 Å². The first-order valence-corrected chi connectivity index (χ1v) is 11.4. The fourth-order valence-corrected chi connectivity index (χ4v) is 3.76. The van der Waals surface area contributed by atoms with Crippen LogP contribution in [0.2, 0.25) is 5.02 Å². The topological polar surface area (TPSA) is 58.6 Å². The average Bonchev–Trinajstić information content (AvgIpc) is 2.85. The van der Waals surface area contributed by atoms with Gasteiger partial charge in [-0.1, -0.05) is 84.4 Å². The molecule has 0 aromatic heterocycles. The molecule has 0 aliphatic rings. The fourth-order valence-electron chi connectivity index (χ4n) is 3.63. The van der Waals surface area contributed by atoms with Crippen LogP contribution < -0.4 is 5.32 Å². The Kier molecular flexibility index (Phi) is 9.48. The van der Waals surface area contributed by atoms with E-state index in [-0.39, 0.29) is 11.8 Å². The highest BCUT2D eigenvalue weighted by Gasteiger charge is 2.31. The van der Waals surface area contributed by atoms with E-state index in [0.29, 0.717) is 37.6 Å². The first kappa shape index (κ1) is 24.5. The number of ether oxygens (including phenoxy) is 1. The molecule has 0 bridgehead atoms. The number of carbonyl (C=O) groups excluding carboxylic acids is 2. The third kappa shape index (κ3) is 7.45. The molecule has 3 aromatic rings. The lowest BCUT2D eigenvalue weighted by Crippen LogP contribution is -2.44. The largest absolute Gasteiger partial charge is 0.383 e. The molecule has 0 saturated heterocycles. The van der Waals surface area contributed by atoms with E-state index in [1.165, 1.54) is 0 Å². The van der Waals surface area contributed by atoms with E-state index in [2.05, 4.69) is 5.32 Å². The molecule has 0 aliphatic heterocycles. The maximum atomic E-state index is 13.5. The lowest BCUT2D eigenvalue weighted by molar-refractivity contribution is -0.141. The van der Waals surface area contributed by atoms with E-state index in [0.717, 1.165) is 16.7 Å². The molecule has 1 unspecified atom stereocenters. The molecule has 3 rings (SSSR count). The summed E-state index contributed by atoms with van der Waals surface area (Å²) in [4.78, 5) is 28.5. The predicted octanol–water partition coefficient (Wildman–Crippen LogP) is 4.81. The lowest BCUT2D eigenvalue weighted by Gasteiger charge is -2.32. The van der Waals surface area contributed by atoms with Gasteiger partial charge in [-0.05, 0) is 35.2 Å². The van der Waals surface area contributed by atoms with Crippen molar-refractivity contribution in [1.29, 1.82) is 0 Å². The Hall–Kier alpha value is -3.15. The van der Waals surface area contributed by atoms with E-state index in [1.54, 1.807) is 24.1 Å². The molecule has 0 spiro atoms. The molecule has 2 amide bonds. The van der Waals surface area contributed by atoms with Gasteiger partial charge >= 0.3 is 0 Å². The zero-order valence-electron chi connectivity index (χ0n) is 18.7. The van der Waals surface area contributed by atoms with E-state index in [9.17, 15) is 9.59 Å². The quantitative estimate of drug-likeness (QED) is 0.414. The van der Waals surface area contributed by atoms with Gasteiger partial charge in [-0.15, -0.1) is 0 Å². The average molecular weight is 465 g/mol. The summed E-state index contributed by atoms with van der Waals surface area (Å²) >= 11 is 6.05. The number of aryl methyl sites for hydroxylation is 1. The van der Waals surface area contributed by atoms with Gasteiger partial charge < -0.3 is 15.0 Å². The summed E-state index contributed by atoms with van der Waals surface area (Å²) in [6.45, 7) is 1.06. The zero-order valence-corrected chi connectivity index (χ0v) is 19.5. The maximum Gasteiger partial charge on any atom is 0.247 e. The van der Waals surface area contributed by atoms with Crippen LogP contribution in [0.1, 0.15) is 29.2 Å². The molecule has 33 heavy (non-hydrogen) atoms. The zero-order chi connectivity index (χ0) is 23.5. The second kappa shape index (κ2) is 12.8. The third-order valence-electron chi connectivity index (χ3n) is 5.34. The smallest absolute Gasteiger partial charge is 0.247 e. The van der Waals surface area contributed by atoms with Crippen LogP contribution in [0.25, 0.3) is 0 Å². The third-order valence-corrected chi connectivity index (χ3v) is 5.59. The number of carbonyl (C=O) groups is 2. The van der Waals surface area contributed by atoms with Crippen molar-refractivity contribution < 1.29 is 14.3 Å². The van der Waals surface area contributed by atoms with Gasteiger partial charge in [0.1, 0.15) is 6.04 Å². The summed E-state index contributed by atoms with van der Waals surface area (Å²) < 4.78 is 5.07. The van der Waals surface area contributed by atoms with Crippen LogP contribution in [0.5, 0.6) is 0 Å². The summed E-state index contributed by atoms with van der Waals surface area (Å²) in [5, 5.41) is 3.53. The molecule has 1 N–H and O–H groups in total. The Morgan fingerprint density at radius 3 is 2.18 bits per heavy atom. The van der Waals surface area contributed by atoms with Crippen molar-refractivity contribution in [3.8, 4) is 0 Å². The predicted molar refractivity (Wildman–Crippen MR) is 131 cm³/mol. The van der Waals surface area contributed by atoms with Gasteiger partial charge in [0.25, 0.3) is 0 Å². The Labute approximate surface area is 200 Å². The number of rotatable bonds is 11. The number of nitrogens with one attached hydrogen (secondary N) is 1. The molecule has 0 radical (unpaired) electrons. The highest BCUT2D eigenvalue weighted by Crippen LogP contribution is 2.25. The number of benzene rings is 3.